The molecular weight excluding hydrogens is 250 g/mol. The summed E-state index contributed by atoms with van der Waals surface area (Å²) < 4.78 is 7.69. The van der Waals surface area contributed by atoms with Crippen LogP contribution < -0.4 is 5.32 Å². The molecule has 0 aliphatic rings. The first-order chi connectivity index (χ1) is 9.77. The van der Waals surface area contributed by atoms with Crippen LogP contribution in [0.2, 0.25) is 0 Å². The molecule has 1 N–H and O–H groups in total. The summed E-state index contributed by atoms with van der Waals surface area (Å²) in [6.07, 6.45) is 2.15. The van der Waals surface area contributed by atoms with E-state index in [1.807, 2.05) is 11.7 Å². The maximum atomic E-state index is 5.74. The summed E-state index contributed by atoms with van der Waals surface area (Å²) in [6, 6.07) is 8.52. The highest BCUT2D eigenvalue weighted by atomic mass is 16.5. The lowest BCUT2D eigenvalue weighted by molar-refractivity contribution is 0.111. The van der Waals surface area contributed by atoms with Crippen molar-refractivity contribution >= 4 is 10.9 Å². The summed E-state index contributed by atoms with van der Waals surface area (Å²) in [5.41, 5.74) is 2.26. The zero-order valence-corrected chi connectivity index (χ0v) is 12.7. The molecular formula is C16H25N3O. The minimum Gasteiger partial charge on any atom is -0.379 e. The van der Waals surface area contributed by atoms with Crippen LogP contribution in [0.4, 0.5) is 0 Å². The number of hydrogen-bond donors (Lipinski definition) is 1. The summed E-state index contributed by atoms with van der Waals surface area (Å²) in [5.74, 6) is 0. The first-order valence-corrected chi connectivity index (χ1v) is 7.50. The van der Waals surface area contributed by atoms with E-state index in [1.165, 1.54) is 10.9 Å². The van der Waals surface area contributed by atoms with E-state index in [0.29, 0.717) is 6.61 Å². The average molecular weight is 275 g/mol. The molecule has 110 valence electrons. The van der Waals surface area contributed by atoms with Crippen molar-refractivity contribution in [3.05, 3.63) is 30.0 Å². The quantitative estimate of drug-likeness (QED) is 0.753. The van der Waals surface area contributed by atoms with Gasteiger partial charge in [-0.2, -0.15) is 5.10 Å². The van der Waals surface area contributed by atoms with Crippen LogP contribution in [0.5, 0.6) is 0 Å². The average Bonchev–Trinajstić information content (AvgIpc) is 2.81. The molecule has 4 nitrogen and oxygen atoms in total. The van der Waals surface area contributed by atoms with Gasteiger partial charge in [-0.25, -0.2) is 0 Å². The molecule has 1 unspecified atom stereocenters. The van der Waals surface area contributed by atoms with E-state index in [9.17, 15) is 0 Å². The Balaban J connectivity index is 2.24. The van der Waals surface area contributed by atoms with Crippen molar-refractivity contribution in [2.75, 3.05) is 19.8 Å². The zero-order valence-electron chi connectivity index (χ0n) is 12.7. The normalized spacial score (nSPS) is 12.9. The van der Waals surface area contributed by atoms with E-state index in [2.05, 4.69) is 43.4 Å². The molecule has 0 saturated carbocycles. The number of para-hydroxylation sites is 1. The molecule has 0 saturated heterocycles. The summed E-state index contributed by atoms with van der Waals surface area (Å²) in [4.78, 5) is 0. The number of aromatic nitrogens is 2. The van der Waals surface area contributed by atoms with Crippen LogP contribution in [0.15, 0.2) is 24.3 Å². The van der Waals surface area contributed by atoms with Crippen molar-refractivity contribution < 1.29 is 4.74 Å². The van der Waals surface area contributed by atoms with Gasteiger partial charge < -0.3 is 10.1 Å². The van der Waals surface area contributed by atoms with E-state index >= 15 is 0 Å². The van der Waals surface area contributed by atoms with Gasteiger partial charge >= 0.3 is 0 Å². The van der Waals surface area contributed by atoms with Gasteiger partial charge in [0.2, 0.25) is 0 Å². The fourth-order valence-electron chi connectivity index (χ4n) is 2.40. The van der Waals surface area contributed by atoms with Gasteiger partial charge in [0.05, 0.1) is 23.9 Å². The molecule has 20 heavy (non-hydrogen) atoms. The van der Waals surface area contributed by atoms with Gasteiger partial charge in [-0.05, 0) is 25.5 Å². The highest BCUT2D eigenvalue weighted by molar-refractivity contribution is 5.82. The molecule has 0 aliphatic carbocycles. The minimum absolute atomic E-state index is 0.160. The molecule has 1 heterocycles. The summed E-state index contributed by atoms with van der Waals surface area (Å²) in [5, 5.41) is 9.46. The molecule has 0 radical (unpaired) electrons. The van der Waals surface area contributed by atoms with Gasteiger partial charge in [0.25, 0.3) is 0 Å². The molecule has 1 atom stereocenters. The largest absolute Gasteiger partial charge is 0.379 e. The molecule has 0 bridgehead atoms. The number of rotatable bonds is 8. The first-order valence-electron chi connectivity index (χ1n) is 7.50. The van der Waals surface area contributed by atoms with Crippen molar-refractivity contribution in [3.8, 4) is 0 Å². The monoisotopic (exact) mass is 275 g/mol. The maximum absolute atomic E-state index is 5.74. The summed E-state index contributed by atoms with van der Waals surface area (Å²) in [6.45, 7) is 6.76. The van der Waals surface area contributed by atoms with Crippen LogP contribution in [-0.4, -0.2) is 29.5 Å². The second kappa shape index (κ2) is 7.41. The van der Waals surface area contributed by atoms with Crippen molar-refractivity contribution in [1.82, 2.24) is 15.1 Å². The highest BCUT2D eigenvalue weighted by Gasteiger charge is 2.18. The number of benzene rings is 1. The fraction of sp³-hybridized carbons (Fsp3) is 0.562. The molecule has 2 aromatic rings. The lowest BCUT2D eigenvalue weighted by Crippen LogP contribution is -2.27. The van der Waals surface area contributed by atoms with Crippen molar-refractivity contribution in [2.45, 2.75) is 32.7 Å². The molecule has 4 heteroatoms. The number of aryl methyl sites for hydroxylation is 1. The number of ether oxygens (including phenoxy) is 1. The van der Waals surface area contributed by atoms with Crippen LogP contribution in [0, 0.1) is 0 Å². The Morgan fingerprint density at radius 2 is 2.05 bits per heavy atom. The Kier molecular flexibility index (Phi) is 5.56. The van der Waals surface area contributed by atoms with Gasteiger partial charge in [-0.3, -0.25) is 4.68 Å². The molecule has 0 spiro atoms. The van der Waals surface area contributed by atoms with Gasteiger partial charge in [0, 0.05) is 19.0 Å². The van der Waals surface area contributed by atoms with Crippen LogP contribution in [-0.2, 0) is 11.8 Å². The van der Waals surface area contributed by atoms with E-state index in [0.717, 1.165) is 31.7 Å². The summed E-state index contributed by atoms with van der Waals surface area (Å²) >= 11 is 0. The van der Waals surface area contributed by atoms with Crippen LogP contribution in [0.25, 0.3) is 10.9 Å². The van der Waals surface area contributed by atoms with Crippen LogP contribution >= 0.6 is 0 Å². The molecule has 1 aromatic heterocycles. The van der Waals surface area contributed by atoms with E-state index in [4.69, 9.17) is 9.84 Å². The third kappa shape index (κ3) is 3.38. The fourth-order valence-corrected chi connectivity index (χ4v) is 2.40. The molecule has 0 aliphatic heterocycles. The molecule has 0 amide bonds. The van der Waals surface area contributed by atoms with E-state index in [-0.39, 0.29) is 6.04 Å². The van der Waals surface area contributed by atoms with Gasteiger partial charge in [-0.1, -0.05) is 32.0 Å². The second-order valence-corrected chi connectivity index (χ2v) is 5.11. The van der Waals surface area contributed by atoms with Gasteiger partial charge in [0.15, 0.2) is 0 Å². The Bertz CT molecular complexity index is 536. The van der Waals surface area contributed by atoms with Crippen molar-refractivity contribution in [2.24, 2.45) is 7.05 Å². The zero-order chi connectivity index (χ0) is 14.4. The number of hydrogen-bond acceptors (Lipinski definition) is 3. The van der Waals surface area contributed by atoms with E-state index < -0.39 is 0 Å². The first kappa shape index (κ1) is 15.0. The highest BCUT2D eigenvalue weighted by Crippen LogP contribution is 2.23. The number of nitrogens with one attached hydrogen (secondary N) is 1. The van der Waals surface area contributed by atoms with Gasteiger partial charge in [-0.15, -0.1) is 0 Å². The summed E-state index contributed by atoms with van der Waals surface area (Å²) in [7, 11) is 2.00. The Morgan fingerprint density at radius 3 is 2.80 bits per heavy atom. The predicted octanol–water partition coefficient (Wildman–Crippen LogP) is 3.04. The third-order valence-electron chi connectivity index (χ3n) is 3.39. The minimum atomic E-state index is 0.160. The van der Waals surface area contributed by atoms with Crippen molar-refractivity contribution in [1.29, 1.82) is 0 Å². The Morgan fingerprint density at radius 1 is 1.25 bits per heavy atom. The maximum Gasteiger partial charge on any atom is 0.0896 e. The van der Waals surface area contributed by atoms with Crippen LogP contribution in [0.1, 0.15) is 38.4 Å². The predicted molar refractivity (Wildman–Crippen MR) is 82.9 cm³/mol. The number of fused-ring (bicyclic) bond motifs is 1. The molecule has 2 rings (SSSR count). The standard InChI is InChI=1S/C16H25N3O/c1-4-10-17-14(12-20-11-5-2)16-13-8-6-7-9-15(13)19(3)18-16/h6-9,14,17H,4-5,10-12H2,1-3H3. The molecule has 0 fully saturated rings. The second-order valence-electron chi connectivity index (χ2n) is 5.11. The Labute approximate surface area is 121 Å². The lowest BCUT2D eigenvalue weighted by atomic mass is 10.1. The van der Waals surface area contributed by atoms with E-state index in [1.54, 1.807) is 0 Å². The smallest absolute Gasteiger partial charge is 0.0896 e. The third-order valence-corrected chi connectivity index (χ3v) is 3.39. The topological polar surface area (TPSA) is 39.1 Å². The van der Waals surface area contributed by atoms with Crippen molar-refractivity contribution in [3.63, 3.8) is 0 Å². The lowest BCUT2D eigenvalue weighted by Gasteiger charge is -2.17. The van der Waals surface area contributed by atoms with Crippen LogP contribution in [0.3, 0.4) is 0 Å². The molecule has 1 aromatic carbocycles. The SMILES string of the molecule is CCCNC(COCCC)c1nn(C)c2ccccc12. The van der Waals surface area contributed by atoms with Gasteiger partial charge in [0.1, 0.15) is 0 Å². The number of nitrogens with zero attached hydrogens (tertiary/aromatic N) is 2. The Hall–Kier alpha value is -1.39.